The lowest BCUT2D eigenvalue weighted by molar-refractivity contribution is -0.242. The maximum absolute atomic E-state index is 12.3. The molecule has 0 radical (unpaired) electrons. The van der Waals surface area contributed by atoms with Crippen molar-refractivity contribution >= 4 is 5.78 Å². The van der Waals surface area contributed by atoms with Crippen molar-refractivity contribution in [1.29, 1.82) is 0 Å². The average molecular weight is 377 g/mol. The van der Waals surface area contributed by atoms with Gasteiger partial charge in [-0.2, -0.15) is 0 Å². The van der Waals surface area contributed by atoms with Gasteiger partial charge in [-0.3, -0.25) is 4.79 Å². The summed E-state index contributed by atoms with van der Waals surface area (Å²) in [6.45, 7) is 7.97. The molecule has 5 fully saturated rings. The third kappa shape index (κ3) is 2.48. The minimum atomic E-state index is -0.335. The van der Waals surface area contributed by atoms with E-state index in [-0.39, 0.29) is 28.6 Å². The first-order valence-corrected chi connectivity index (χ1v) is 11.3. The highest BCUT2D eigenvalue weighted by Crippen LogP contribution is 2.68. The van der Waals surface area contributed by atoms with Crippen LogP contribution in [0.2, 0.25) is 0 Å². The van der Waals surface area contributed by atoms with Crippen molar-refractivity contribution in [2.45, 2.75) is 84.0 Å². The number of hydrogen-bond donors (Lipinski definition) is 1. The molecule has 1 saturated heterocycles. The Morgan fingerprint density at radius 1 is 0.963 bits per heavy atom. The van der Waals surface area contributed by atoms with Crippen LogP contribution in [0.5, 0.6) is 0 Å². The molecule has 1 N–H and O–H groups in total. The molecule has 4 aliphatic carbocycles. The fourth-order valence-corrected chi connectivity index (χ4v) is 8.75. The van der Waals surface area contributed by atoms with Crippen molar-refractivity contribution in [2.24, 2.45) is 40.4 Å². The first-order valence-electron chi connectivity index (χ1n) is 11.3. The van der Waals surface area contributed by atoms with E-state index in [0.717, 1.165) is 45.3 Å². The van der Waals surface area contributed by atoms with Gasteiger partial charge in [-0.1, -0.05) is 13.8 Å². The monoisotopic (exact) mass is 376 g/mol. The van der Waals surface area contributed by atoms with Crippen molar-refractivity contribution in [3.63, 3.8) is 0 Å². The minimum absolute atomic E-state index is 0.00315. The van der Waals surface area contributed by atoms with Crippen LogP contribution < -0.4 is 0 Å². The molecule has 0 aromatic rings. The van der Waals surface area contributed by atoms with Gasteiger partial charge < -0.3 is 14.6 Å². The van der Waals surface area contributed by atoms with Gasteiger partial charge in [-0.05, 0) is 80.0 Å². The second-order valence-corrected chi connectivity index (χ2v) is 10.9. The number of aliphatic hydroxyl groups excluding tert-OH is 1. The number of carbonyl (C=O) groups is 1. The van der Waals surface area contributed by atoms with Crippen molar-refractivity contribution in [1.82, 2.24) is 0 Å². The molecule has 4 heteroatoms. The van der Waals surface area contributed by atoms with Crippen LogP contribution >= 0.6 is 0 Å². The average Bonchev–Trinajstić information content (AvgIpc) is 3.19. The Balaban J connectivity index is 1.44. The van der Waals surface area contributed by atoms with E-state index < -0.39 is 0 Å². The van der Waals surface area contributed by atoms with Crippen LogP contribution in [0.1, 0.15) is 72.1 Å². The number of fused-ring (bicyclic) bond motifs is 5. The maximum Gasteiger partial charge on any atom is 0.168 e. The third-order valence-corrected chi connectivity index (χ3v) is 9.90. The summed E-state index contributed by atoms with van der Waals surface area (Å²) in [5, 5.41) is 11.4. The molecule has 0 aromatic carbocycles. The van der Waals surface area contributed by atoms with Crippen LogP contribution in [0.4, 0.5) is 0 Å². The van der Waals surface area contributed by atoms with Crippen LogP contribution in [-0.2, 0) is 14.3 Å². The van der Waals surface area contributed by atoms with Gasteiger partial charge in [-0.25, -0.2) is 0 Å². The van der Waals surface area contributed by atoms with E-state index in [0.29, 0.717) is 29.5 Å². The summed E-state index contributed by atoms with van der Waals surface area (Å²) in [5.41, 5.74) is 0.182. The second kappa shape index (κ2) is 6.03. The van der Waals surface area contributed by atoms with Crippen molar-refractivity contribution < 1.29 is 19.4 Å². The highest BCUT2D eigenvalue weighted by molar-refractivity contribution is 5.79. The predicted molar refractivity (Wildman–Crippen MR) is 102 cm³/mol. The van der Waals surface area contributed by atoms with E-state index in [1.54, 1.807) is 6.92 Å². The fraction of sp³-hybridized carbons (Fsp3) is 0.957. The number of Topliss-reactive ketones (excluding diaryl/α,β-unsaturated/α-hetero) is 1. The predicted octanol–water partition coefficient (Wildman–Crippen LogP) is 3.95. The van der Waals surface area contributed by atoms with Crippen LogP contribution in [0, 0.1) is 40.4 Å². The van der Waals surface area contributed by atoms with Crippen LogP contribution in [-0.4, -0.2) is 36.0 Å². The van der Waals surface area contributed by atoms with Crippen molar-refractivity contribution in [3.05, 3.63) is 0 Å². The first kappa shape index (κ1) is 18.6. The molecular formula is C23H36O4. The smallest absolute Gasteiger partial charge is 0.168 e. The van der Waals surface area contributed by atoms with Gasteiger partial charge >= 0.3 is 0 Å². The summed E-state index contributed by atoms with van der Waals surface area (Å²) in [6.07, 6.45) is 8.20. The van der Waals surface area contributed by atoms with E-state index in [9.17, 15) is 9.90 Å². The van der Waals surface area contributed by atoms with Gasteiger partial charge in [0.15, 0.2) is 5.79 Å². The Morgan fingerprint density at radius 2 is 1.70 bits per heavy atom. The Hall–Kier alpha value is -0.450. The highest BCUT2D eigenvalue weighted by atomic mass is 16.7. The zero-order valence-electron chi connectivity index (χ0n) is 17.2. The van der Waals surface area contributed by atoms with Gasteiger partial charge in [0.1, 0.15) is 5.78 Å². The maximum atomic E-state index is 12.3. The molecule has 8 atom stereocenters. The molecule has 0 amide bonds. The number of carbonyl (C=O) groups excluding carboxylic acids is 1. The van der Waals surface area contributed by atoms with Crippen LogP contribution in [0.3, 0.4) is 0 Å². The molecule has 4 saturated carbocycles. The van der Waals surface area contributed by atoms with E-state index in [2.05, 4.69) is 13.8 Å². The van der Waals surface area contributed by atoms with E-state index in [1.807, 2.05) is 0 Å². The van der Waals surface area contributed by atoms with Gasteiger partial charge in [0, 0.05) is 18.8 Å². The lowest BCUT2D eigenvalue weighted by Crippen LogP contribution is -2.60. The van der Waals surface area contributed by atoms with Crippen molar-refractivity contribution in [3.8, 4) is 0 Å². The molecule has 8 unspecified atom stereocenters. The topological polar surface area (TPSA) is 55.8 Å². The van der Waals surface area contributed by atoms with E-state index in [1.165, 1.54) is 19.3 Å². The summed E-state index contributed by atoms with van der Waals surface area (Å²) in [5.74, 6) is 2.28. The van der Waals surface area contributed by atoms with Crippen LogP contribution in [0.25, 0.3) is 0 Å². The quantitative estimate of drug-likeness (QED) is 0.753. The number of ether oxygens (including phenoxy) is 2. The normalized spacial score (nSPS) is 53.6. The third-order valence-electron chi connectivity index (χ3n) is 9.90. The zero-order chi connectivity index (χ0) is 19.0. The molecular weight excluding hydrogens is 340 g/mol. The summed E-state index contributed by atoms with van der Waals surface area (Å²) < 4.78 is 12.1. The number of rotatable bonds is 1. The van der Waals surface area contributed by atoms with Gasteiger partial charge in [0.2, 0.25) is 0 Å². The Bertz CT molecular complexity index is 626. The number of aliphatic hydroxyl groups is 1. The molecule has 152 valence electrons. The van der Waals surface area contributed by atoms with Crippen LogP contribution in [0.15, 0.2) is 0 Å². The first-order chi connectivity index (χ1) is 12.8. The summed E-state index contributed by atoms with van der Waals surface area (Å²) in [7, 11) is 0. The van der Waals surface area contributed by atoms with Gasteiger partial charge in [0.05, 0.1) is 19.3 Å². The molecule has 5 rings (SSSR count). The summed E-state index contributed by atoms with van der Waals surface area (Å²) >= 11 is 0. The number of ketones is 1. The van der Waals surface area contributed by atoms with E-state index >= 15 is 0 Å². The molecule has 1 heterocycles. The molecule has 1 aliphatic heterocycles. The Morgan fingerprint density at radius 3 is 2.41 bits per heavy atom. The standard InChI is InChI=1S/C23H36O4/c1-14(24)17-6-7-18-16-5-4-15-12-23(26-10-11-27-23)9-8-21(15,2)20(16)19(25)13-22(17,18)3/h15-20,25H,4-13H2,1-3H3. The zero-order valence-corrected chi connectivity index (χ0v) is 17.2. The lowest BCUT2D eigenvalue weighted by atomic mass is 9.43. The molecule has 0 bridgehead atoms. The minimum Gasteiger partial charge on any atom is -0.393 e. The molecule has 0 aromatic heterocycles. The Labute approximate surface area is 163 Å². The molecule has 1 spiro atoms. The largest absolute Gasteiger partial charge is 0.393 e. The van der Waals surface area contributed by atoms with Gasteiger partial charge in [0.25, 0.3) is 0 Å². The summed E-state index contributed by atoms with van der Waals surface area (Å²) in [4.78, 5) is 12.3. The lowest BCUT2D eigenvalue weighted by Gasteiger charge is -2.63. The van der Waals surface area contributed by atoms with E-state index in [4.69, 9.17) is 9.47 Å². The molecule has 4 nitrogen and oxygen atoms in total. The SMILES string of the molecule is CC(=O)C1CCC2C3CCC4CC5(CCC4(C)C3C(O)CC12C)OCCO5. The van der Waals surface area contributed by atoms with Gasteiger partial charge in [-0.15, -0.1) is 0 Å². The Kier molecular flexibility index (Phi) is 4.14. The van der Waals surface area contributed by atoms with Crippen molar-refractivity contribution in [2.75, 3.05) is 13.2 Å². The second-order valence-electron chi connectivity index (χ2n) is 10.9. The highest BCUT2D eigenvalue weighted by Gasteiger charge is 2.65. The molecule has 5 aliphatic rings. The molecule has 27 heavy (non-hydrogen) atoms. The number of hydrogen-bond acceptors (Lipinski definition) is 4. The summed E-state index contributed by atoms with van der Waals surface area (Å²) in [6, 6.07) is 0. The fourth-order valence-electron chi connectivity index (χ4n) is 8.75.